The van der Waals surface area contributed by atoms with Gasteiger partial charge in [0.1, 0.15) is 10.6 Å². The molecule has 1 aliphatic rings. The fraction of sp³-hybridized carbons (Fsp3) is 0.562. The van der Waals surface area contributed by atoms with Gasteiger partial charge < -0.3 is 9.64 Å². The number of hydrogen-bond acceptors (Lipinski definition) is 4. The fourth-order valence-corrected chi connectivity index (χ4v) is 4.44. The number of rotatable bonds is 3. The Balaban J connectivity index is 2.19. The van der Waals surface area contributed by atoms with E-state index in [2.05, 4.69) is 0 Å². The van der Waals surface area contributed by atoms with Crippen LogP contribution in [0.3, 0.4) is 0 Å². The lowest BCUT2D eigenvalue weighted by Crippen LogP contribution is -2.52. The molecule has 2 rings (SSSR count). The summed E-state index contributed by atoms with van der Waals surface area (Å²) in [5, 5.41) is 0.330. The van der Waals surface area contributed by atoms with E-state index in [1.807, 2.05) is 20.8 Å². The summed E-state index contributed by atoms with van der Waals surface area (Å²) in [6.45, 7) is 6.82. The SMILES string of the molecule is COc1ccc(Cl)cc1S(=O)(=O)N1CCN(C(=O)C(C)(C)C)CC1. The molecule has 0 atom stereocenters. The lowest BCUT2D eigenvalue weighted by Gasteiger charge is -2.37. The van der Waals surface area contributed by atoms with E-state index in [4.69, 9.17) is 16.3 Å². The van der Waals surface area contributed by atoms with Crippen LogP contribution in [0.4, 0.5) is 0 Å². The zero-order valence-electron chi connectivity index (χ0n) is 14.4. The van der Waals surface area contributed by atoms with Crippen molar-refractivity contribution in [3.05, 3.63) is 23.2 Å². The lowest BCUT2D eigenvalue weighted by atomic mass is 9.94. The standard InChI is InChI=1S/C16H23ClN2O4S/c1-16(2,3)15(20)18-7-9-19(10-8-18)24(21,22)14-11-12(17)5-6-13(14)23-4/h5-6,11H,7-10H2,1-4H3. The molecule has 8 heteroatoms. The van der Waals surface area contributed by atoms with Crippen LogP contribution in [-0.2, 0) is 14.8 Å². The van der Waals surface area contributed by atoms with Gasteiger partial charge in [0, 0.05) is 36.6 Å². The number of hydrogen-bond donors (Lipinski definition) is 0. The number of piperazine rings is 1. The molecule has 0 saturated carbocycles. The Hall–Kier alpha value is -1.31. The summed E-state index contributed by atoms with van der Waals surface area (Å²) in [7, 11) is -2.31. The van der Waals surface area contributed by atoms with Gasteiger partial charge in [-0.2, -0.15) is 4.31 Å². The summed E-state index contributed by atoms with van der Waals surface area (Å²) < 4.78 is 32.3. The Morgan fingerprint density at radius 3 is 2.25 bits per heavy atom. The highest BCUT2D eigenvalue weighted by Gasteiger charge is 2.35. The maximum atomic E-state index is 12.9. The number of nitrogens with zero attached hydrogens (tertiary/aromatic N) is 2. The molecule has 0 unspecified atom stereocenters. The van der Waals surface area contributed by atoms with Crippen molar-refractivity contribution in [3.8, 4) is 5.75 Å². The van der Waals surface area contributed by atoms with Crippen LogP contribution in [0.5, 0.6) is 5.75 Å². The largest absolute Gasteiger partial charge is 0.495 e. The predicted octanol–water partition coefficient (Wildman–Crippen LogP) is 2.23. The maximum absolute atomic E-state index is 12.9. The molecule has 0 radical (unpaired) electrons. The molecule has 1 aliphatic heterocycles. The second-order valence-corrected chi connectivity index (χ2v) is 9.08. The third-order valence-electron chi connectivity index (χ3n) is 3.91. The molecule has 1 saturated heterocycles. The van der Waals surface area contributed by atoms with Gasteiger partial charge in [0.15, 0.2) is 0 Å². The smallest absolute Gasteiger partial charge is 0.246 e. The van der Waals surface area contributed by atoms with Crippen LogP contribution >= 0.6 is 11.6 Å². The Morgan fingerprint density at radius 2 is 1.75 bits per heavy atom. The molecule has 0 aromatic heterocycles. The molecule has 0 bridgehead atoms. The summed E-state index contributed by atoms with van der Waals surface area (Å²) in [5.74, 6) is 0.285. The van der Waals surface area contributed by atoms with Gasteiger partial charge >= 0.3 is 0 Å². The second-order valence-electron chi connectivity index (χ2n) is 6.74. The Labute approximate surface area is 148 Å². The summed E-state index contributed by atoms with van der Waals surface area (Å²) in [5.41, 5.74) is -0.475. The number of carbonyl (C=O) groups excluding carboxylic acids is 1. The lowest BCUT2D eigenvalue weighted by molar-refractivity contribution is -0.140. The molecule has 1 fully saturated rings. The summed E-state index contributed by atoms with van der Waals surface area (Å²) in [4.78, 5) is 14.1. The quantitative estimate of drug-likeness (QED) is 0.813. The molecule has 24 heavy (non-hydrogen) atoms. The molecule has 1 heterocycles. The average Bonchev–Trinajstić information content (AvgIpc) is 2.53. The van der Waals surface area contributed by atoms with Crippen LogP contribution in [0.15, 0.2) is 23.1 Å². The van der Waals surface area contributed by atoms with Crippen molar-refractivity contribution in [2.75, 3.05) is 33.3 Å². The molecular formula is C16H23ClN2O4S. The monoisotopic (exact) mass is 374 g/mol. The van der Waals surface area contributed by atoms with Crippen molar-refractivity contribution in [1.29, 1.82) is 0 Å². The zero-order valence-corrected chi connectivity index (χ0v) is 15.9. The number of halogens is 1. The van der Waals surface area contributed by atoms with E-state index in [1.54, 1.807) is 11.0 Å². The summed E-state index contributed by atoms with van der Waals surface area (Å²) in [6.07, 6.45) is 0. The molecule has 6 nitrogen and oxygen atoms in total. The van der Waals surface area contributed by atoms with Gasteiger partial charge in [-0.15, -0.1) is 0 Å². The molecule has 134 valence electrons. The minimum atomic E-state index is -3.73. The van der Waals surface area contributed by atoms with E-state index < -0.39 is 15.4 Å². The molecule has 1 aromatic rings. The van der Waals surface area contributed by atoms with Crippen LogP contribution in [0, 0.1) is 5.41 Å². The van der Waals surface area contributed by atoms with Crippen LogP contribution in [0.25, 0.3) is 0 Å². The van der Waals surface area contributed by atoms with Crippen molar-refractivity contribution in [1.82, 2.24) is 9.21 Å². The summed E-state index contributed by atoms with van der Waals surface area (Å²) >= 11 is 5.94. The molecular weight excluding hydrogens is 352 g/mol. The van der Waals surface area contributed by atoms with Gasteiger partial charge in [0.2, 0.25) is 15.9 Å². The van der Waals surface area contributed by atoms with E-state index in [0.29, 0.717) is 18.1 Å². The number of carbonyl (C=O) groups is 1. The topological polar surface area (TPSA) is 66.9 Å². The van der Waals surface area contributed by atoms with Gasteiger partial charge in [0.05, 0.1) is 7.11 Å². The van der Waals surface area contributed by atoms with E-state index in [1.165, 1.54) is 23.5 Å². The van der Waals surface area contributed by atoms with Crippen molar-refractivity contribution in [3.63, 3.8) is 0 Å². The number of sulfonamides is 1. The third-order valence-corrected chi connectivity index (χ3v) is 6.07. The van der Waals surface area contributed by atoms with Crippen molar-refractivity contribution in [2.24, 2.45) is 5.41 Å². The Bertz CT molecular complexity index is 720. The number of amides is 1. The number of methoxy groups -OCH3 is 1. The van der Waals surface area contributed by atoms with Crippen LogP contribution in [-0.4, -0.2) is 56.8 Å². The molecule has 0 aliphatic carbocycles. The van der Waals surface area contributed by atoms with E-state index in [-0.39, 0.29) is 29.6 Å². The predicted molar refractivity (Wildman–Crippen MR) is 92.8 cm³/mol. The minimum Gasteiger partial charge on any atom is -0.495 e. The normalized spacial score (nSPS) is 17.0. The van der Waals surface area contributed by atoms with Crippen molar-refractivity contribution < 1.29 is 17.9 Å². The van der Waals surface area contributed by atoms with Gasteiger partial charge in [0.25, 0.3) is 0 Å². The first kappa shape index (κ1) is 19.0. The highest BCUT2D eigenvalue weighted by molar-refractivity contribution is 7.89. The Morgan fingerprint density at radius 1 is 1.17 bits per heavy atom. The first-order valence-corrected chi connectivity index (χ1v) is 9.52. The number of benzene rings is 1. The average molecular weight is 375 g/mol. The van der Waals surface area contributed by atoms with Gasteiger partial charge in [-0.05, 0) is 18.2 Å². The van der Waals surface area contributed by atoms with Gasteiger partial charge in [-0.3, -0.25) is 4.79 Å². The molecule has 1 amide bonds. The number of ether oxygens (including phenoxy) is 1. The van der Waals surface area contributed by atoms with E-state index >= 15 is 0 Å². The van der Waals surface area contributed by atoms with Gasteiger partial charge in [-0.1, -0.05) is 32.4 Å². The van der Waals surface area contributed by atoms with Crippen LogP contribution in [0.1, 0.15) is 20.8 Å². The summed E-state index contributed by atoms with van der Waals surface area (Å²) in [6, 6.07) is 4.51. The fourth-order valence-electron chi connectivity index (χ4n) is 2.60. The van der Waals surface area contributed by atoms with Crippen LogP contribution < -0.4 is 4.74 Å². The van der Waals surface area contributed by atoms with Crippen molar-refractivity contribution in [2.45, 2.75) is 25.7 Å². The van der Waals surface area contributed by atoms with Crippen LogP contribution in [0.2, 0.25) is 5.02 Å². The Kier molecular flexibility index (Phi) is 5.47. The van der Waals surface area contributed by atoms with Gasteiger partial charge in [-0.25, -0.2) is 8.42 Å². The van der Waals surface area contributed by atoms with Crippen molar-refractivity contribution >= 4 is 27.5 Å². The zero-order chi connectivity index (χ0) is 18.1. The third kappa shape index (κ3) is 3.84. The first-order valence-electron chi connectivity index (χ1n) is 7.70. The first-order chi connectivity index (χ1) is 11.1. The molecule has 0 spiro atoms. The second kappa shape index (κ2) is 6.90. The minimum absolute atomic E-state index is 0.0277. The molecule has 0 N–H and O–H groups in total. The molecule has 1 aromatic carbocycles. The maximum Gasteiger partial charge on any atom is 0.246 e. The van der Waals surface area contributed by atoms with E-state index in [9.17, 15) is 13.2 Å². The highest BCUT2D eigenvalue weighted by Crippen LogP contribution is 2.30. The van der Waals surface area contributed by atoms with E-state index in [0.717, 1.165) is 0 Å². The highest BCUT2D eigenvalue weighted by atomic mass is 35.5.